The Morgan fingerprint density at radius 1 is 1.03 bits per heavy atom. The molecule has 174 valence electrons. The number of β-amino-alcohol motifs (C(OH)–C–C–N with tert-alkyl or cyclic N) is 1. The van der Waals surface area contributed by atoms with Gasteiger partial charge in [-0.1, -0.05) is 23.8 Å². The van der Waals surface area contributed by atoms with Crippen LogP contribution in [0.15, 0.2) is 41.3 Å². The fourth-order valence-electron chi connectivity index (χ4n) is 4.07. The molecule has 1 fully saturated rings. The Bertz CT molecular complexity index is 1050. The zero-order valence-electron chi connectivity index (χ0n) is 18.5. The van der Waals surface area contributed by atoms with Crippen molar-refractivity contribution in [1.29, 1.82) is 0 Å². The Hall–Kier alpha value is -2.17. The van der Waals surface area contributed by atoms with E-state index in [9.17, 15) is 13.5 Å². The SMILES string of the molecule is Cc1ccc(S(=O)(=O)N2CCN(CC(O)COCc3ccc4c(c3)OCO4)CC2)c(C)c1. The van der Waals surface area contributed by atoms with Crippen molar-refractivity contribution in [2.75, 3.05) is 46.1 Å². The van der Waals surface area contributed by atoms with Gasteiger partial charge in [-0.2, -0.15) is 4.31 Å². The first-order valence-corrected chi connectivity index (χ1v) is 12.2. The van der Waals surface area contributed by atoms with E-state index in [1.165, 1.54) is 4.31 Å². The summed E-state index contributed by atoms with van der Waals surface area (Å²) in [6, 6.07) is 11.1. The number of ether oxygens (including phenoxy) is 3. The van der Waals surface area contributed by atoms with E-state index in [1.54, 1.807) is 6.07 Å². The molecule has 2 aromatic rings. The van der Waals surface area contributed by atoms with Crippen LogP contribution < -0.4 is 9.47 Å². The van der Waals surface area contributed by atoms with Crippen LogP contribution in [0.2, 0.25) is 0 Å². The molecule has 0 amide bonds. The molecule has 0 spiro atoms. The third-order valence-electron chi connectivity index (χ3n) is 5.76. The summed E-state index contributed by atoms with van der Waals surface area (Å²) >= 11 is 0. The Labute approximate surface area is 189 Å². The van der Waals surface area contributed by atoms with Gasteiger partial charge in [0.1, 0.15) is 0 Å². The number of piperazine rings is 1. The number of nitrogens with zero attached hydrogens (tertiary/aromatic N) is 2. The fourth-order valence-corrected chi connectivity index (χ4v) is 5.70. The van der Waals surface area contributed by atoms with Crippen LogP contribution in [-0.4, -0.2) is 75.0 Å². The van der Waals surface area contributed by atoms with E-state index in [0.29, 0.717) is 50.0 Å². The summed E-state index contributed by atoms with van der Waals surface area (Å²) < 4.78 is 43.9. The Kier molecular flexibility index (Phi) is 7.02. The Morgan fingerprint density at radius 3 is 2.53 bits per heavy atom. The van der Waals surface area contributed by atoms with Gasteiger partial charge in [-0.25, -0.2) is 8.42 Å². The van der Waals surface area contributed by atoms with Gasteiger partial charge in [0.15, 0.2) is 11.5 Å². The summed E-state index contributed by atoms with van der Waals surface area (Å²) in [5, 5.41) is 10.4. The summed E-state index contributed by atoms with van der Waals surface area (Å²) in [7, 11) is -3.51. The zero-order chi connectivity index (χ0) is 22.7. The highest BCUT2D eigenvalue weighted by molar-refractivity contribution is 7.89. The number of rotatable bonds is 8. The van der Waals surface area contributed by atoms with Crippen molar-refractivity contribution in [3.63, 3.8) is 0 Å². The van der Waals surface area contributed by atoms with E-state index < -0.39 is 16.1 Å². The van der Waals surface area contributed by atoms with Crippen LogP contribution in [-0.2, 0) is 21.4 Å². The maximum absolute atomic E-state index is 13.0. The lowest BCUT2D eigenvalue weighted by Gasteiger charge is -2.35. The largest absolute Gasteiger partial charge is 0.454 e. The van der Waals surface area contributed by atoms with Gasteiger partial charge in [0.05, 0.1) is 24.2 Å². The van der Waals surface area contributed by atoms with Gasteiger partial charge in [-0.3, -0.25) is 4.90 Å². The van der Waals surface area contributed by atoms with Gasteiger partial charge >= 0.3 is 0 Å². The number of aliphatic hydroxyl groups is 1. The highest BCUT2D eigenvalue weighted by atomic mass is 32.2. The van der Waals surface area contributed by atoms with Crippen LogP contribution in [0, 0.1) is 13.8 Å². The van der Waals surface area contributed by atoms with E-state index in [2.05, 4.69) is 4.90 Å². The average molecular weight is 463 g/mol. The van der Waals surface area contributed by atoms with Gasteiger partial charge in [0, 0.05) is 32.7 Å². The van der Waals surface area contributed by atoms with E-state index in [-0.39, 0.29) is 13.4 Å². The molecule has 2 aliphatic rings. The van der Waals surface area contributed by atoms with E-state index in [1.807, 2.05) is 44.2 Å². The van der Waals surface area contributed by atoms with Crippen molar-refractivity contribution in [1.82, 2.24) is 9.21 Å². The van der Waals surface area contributed by atoms with E-state index in [0.717, 1.165) is 22.4 Å². The van der Waals surface area contributed by atoms with Crippen molar-refractivity contribution in [2.24, 2.45) is 0 Å². The van der Waals surface area contributed by atoms with Crippen molar-refractivity contribution in [3.05, 3.63) is 53.1 Å². The number of sulfonamides is 1. The first kappa shape index (κ1) is 23.0. The second kappa shape index (κ2) is 9.76. The molecule has 0 saturated carbocycles. The van der Waals surface area contributed by atoms with Crippen LogP contribution in [0.5, 0.6) is 11.5 Å². The lowest BCUT2D eigenvalue weighted by molar-refractivity contribution is 0.00536. The molecule has 0 radical (unpaired) electrons. The minimum Gasteiger partial charge on any atom is -0.454 e. The van der Waals surface area contributed by atoms with Crippen molar-refractivity contribution < 1.29 is 27.7 Å². The summed E-state index contributed by atoms with van der Waals surface area (Å²) in [6.45, 7) is 6.98. The number of fused-ring (bicyclic) bond motifs is 1. The molecule has 8 nitrogen and oxygen atoms in total. The maximum Gasteiger partial charge on any atom is 0.243 e. The Morgan fingerprint density at radius 2 is 1.78 bits per heavy atom. The molecule has 32 heavy (non-hydrogen) atoms. The van der Waals surface area contributed by atoms with Gasteiger partial charge < -0.3 is 19.3 Å². The molecule has 1 atom stereocenters. The smallest absolute Gasteiger partial charge is 0.243 e. The molecular weight excluding hydrogens is 432 g/mol. The maximum atomic E-state index is 13.0. The van der Waals surface area contributed by atoms with Gasteiger partial charge in [-0.05, 0) is 43.2 Å². The number of aryl methyl sites for hydroxylation is 2. The molecule has 1 N–H and O–H groups in total. The lowest BCUT2D eigenvalue weighted by atomic mass is 10.2. The first-order valence-electron chi connectivity index (χ1n) is 10.8. The minimum atomic E-state index is -3.51. The number of aliphatic hydroxyl groups excluding tert-OH is 1. The average Bonchev–Trinajstić information content (AvgIpc) is 3.22. The van der Waals surface area contributed by atoms with Crippen LogP contribution in [0.4, 0.5) is 0 Å². The fraction of sp³-hybridized carbons (Fsp3) is 0.478. The third kappa shape index (κ3) is 5.24. The molecule has 2 aromatic carbocycles. The van der Waals surface area contributed by atoms with E-state index >= 15 is 0 Å². The molecule has 1 unspecified atom stereocenters. The summed E-state index contributed by atoms with van der Waals surface area (Å²) in [5.74, 6) is 1.44. The highest BCUT2D eigenvalue weighted by Crippen LogP contribution is 2.32. The third-order valence-corrected chi connectivity index (χ3v) is 7.82. The number of benzene rings is 2. The zero-order valence-corrected chi connectivity index (χ0v) is 19.3. The van der Waals surface area contributed by atoms with Crippen molar-refractivity contribution in [3.8, 4) is 11.5 Å². The molecule has 1 saturated heterocycles. The van der Waals surface area contributed by atoms with Gasteiger partial charge in [-0.15, -0.1) is 0 Å². The molecular formula is C23H30N2O6S. The molecule has 2 heterocycles. The van der Waals surface area contributed by atoms with Crippen LogP contribution in [0.3, 0.4) is 0 Å². The first-order chi connectivity index (χ1) is 15.3. The summed E-state index contributed by atoms with van der Waals surface area (Å²) in [4.78, 5) is 2.44. The predicted molar refractivity (Wildman–Crippen MR) is 119 cm³/mol. The summed E-state index contributed by atoms with van der Waals surface area (Å²) in [6.07, 6.45) is -0.647. The Balaban J connectivity index is 1.22. The number of hydrogen-bond donors (Lipinski definition) is 1. The lowest BCUT2D eigenvalue weighted by Crippen LogP contribution is -2.50. The van der Waals surface area contributed by atoms with E-state index in [4.69, 9.17) is 14.2 Å². The van der Waals surface area contributed by atoms with Crippen LogP contribution >= 0.6 is 0 Å². The molecule has 0 bridgehead atoms. The molecule has 0 aliphatic carbocycles. The van der Waals surface area contributed by atoms with Crippen molar-refractivity contribution in [2.45, 2.75) is 31.5 Å². The monoisotopic (exact) mass is 462 g/mol. The topological polar surface area (TPSA) is 88.5 Å². The van der Waals surface area contributed by atoms with Crippen LogP contribution in [0.25, 0.3) is 0 Å². The molecule has 4 rings (SSSR count). The normalized spacial score (nSPS) is 18.1. The standard InChI is InChI=1S/C23H30N2O6S/c1-17-3-6-23(18(2)11-17)32(27,28)25-9-7-24(8-10-25)13-20(26)15-29-14-19-4-5-21-22(12-19)31-16-30-21/h3-6,11-12,20,26H,7-10,13-16H2,1-2H3. The number of hydrogen-bond acceptors (Lipinski definition) is 7. The highest BCUT2D eigenvalue weighted by Gasteiger charge is 2.30. The second-order valence-corrected chi connectivity index (χ2v) is 10.2. The molecule has 0 aromatic heterocycles. The molecule has 9 heteroatoms. The predicted octanol–water partition coefficient (Wildman–Crippen LogP) is 1.92. The molecule has 2 aliphatic heterocycles. The summed E-state index contributed by atoms with van der Waals surface area (Å²) in [5.41, 5.74) is 2.76. The van der Waals surface area contributed by atoms with Gasteiger partial charge in [0.2, 0.25) is 16.8 Å². The second-order valence-electron chi connectivity index (χ2n) is 8.33. The van der Waals surface area contributed by atoms with Gasteiger partial charge in [0.25, 0.3) is 0 Å². The minimum absolute atomic E-state index is 0.204. The van der Waals surface area contributed by atoms with Crippen molar-refractivity contribution >= 4 is 10.0 Å². The van der Waals surface area contributed by atoms with Crippen LogP contribution in [0.1, 0.15) is 16.7 Å². The quantitative estimate of drug-likeness (QED) is 0.641.